The number of aromatic nitrogens is 1. The van der Waals surface area contributed by atoms with Crippen LogP contribution in [0.3, 0.4) is 0 Å². The molecule has 5 heteroatoms. The molecule has 1 aromatic carbocycles. The van der Waals surface area contributed by atoms with E-state index in [1.54, 1.807) is 11.8 Å². The molecule has 3 nitrogen and oxygen atoms in total. The zero-order chi connectivity index (χ0) is 13.2. The number of hydrogen-bond acceptors (Lipinski definition) is 4. The summed E-state index contributed by atoms with van der Waals surface area (Å²) < 4.78 is 0.996. The molecule has 0 saturated carbocycles. The number of nitrogens with zero attached hydrogens (tertiary/aromatic N) is 2. The summed E-state index contributed by atoms with van der Waals surface area (Å²) in [7, 11) is 0. The molecule has 0 fully saturated rings. The Balaban J connectivity index is 1.93. The number of nitrogens with one attached hydrogen (secondary N) is 1. The van der Waals surface area contributed by atoms with Crippen molar-refractivity contribution in [1.82, 2.24) is 4.98 Å². The van der Waals surface area contributed by atoms with E-state index < -0.39 is 0 Å². The first-order chi connectivity index (χ1) is 9.26. The molecule has 0 bridgehead atoms. The summed E-state index contributed by atoms with van der Waals surface area (Å²) in [6.07, 6.45) is 2.92. The van der Waals surface area contributed by atoms with Crippen molar-refractivity contribution in [3.05, 3.63) is 34.9 Å². The number of benzene rings is 1. The number of para-hydroxylation sites is 1. The molecule has 1 aromatic heterocycles. The number of rotatable bonds is 2. The molecule has 2 heterocycles. The molecule has 0 amide bonds. The summed E-state index contributed by atoms with van der Waals surface area (Å²) in [5.74, 6) is 1.07. The monoisotopic (exact) mass is 335 g/mol. The standard InChI is InChI=1S/C14H14BrN3S/c1-2-11-8-19-14(17-11)18-12-5-3-4-9-6-10(15)7-16-13(9)12/h3-7,11H,2,8H2,1H3,(H,17,18). The van der Waals surface area contributed by atoms with Gasteiger partial charge in [0.25, 0.3) is 0 Å². The molecule has 1 atom stereocenters. The first kappa shape index (κ1) is 12.9. The fourth-order valence-corrected chi connectivity index (χ4v) is 3.46. The van der Waals surface area contributed by atoms with Gasteiger partial charge in [-0.1, -0.05) is 30.8 Å². The highest BCUT2D eigenvalue weighted by atomic mass is 79.9. The van der Waals surface area contributed by atoms with Crippen molar-refractivity contribution < 1.29 is 0 Å². The fraction of sp³-hybridized carbons (Fsp3) is 0.286. The van der Waals surface area contributed by atoms with Crippen LogP contribution in [0.1, 0.15) is 13.3 Å². The lowest BCUT2D eigenvalue weighted by atomic mass is 10.2. The van der Waals surface area contributed by atoms with E-state index in [1.807, 2.05) is 18.3 Å². The van der Waals surface area contributed by atoms with Crippen LogP contribution in [0.2, 0.25) is 0 Å². The van der Waals surface area contributed by atoms with Crippen molar-refractivity contribution in [3.8, 4) is 0 Å². The van der Waals surface area contributed by atoms with Crippen molar-refractivity contribution in [2.24, 2.45) is 4.99 Å². The lowest BCUT2D eigenvalue weighted by Gasteiger charge is -2.08. The third kappa shape index (κ3) is 2.77. The second-order valence-corrected chi connectivity index (χ2v) is 6.39. The van der Waals surface area contributed by atoms with E-state index in [0.29, 0.717) is 6.04 Å². The lowest BCUT2D eigenvalue weighted by molar-refractivity contribution is 0.738. The summed E-state index contributed by atoms with van der Waals surface area (Å²) in [5, 5.41) is 5.53. The van der Waals surface area contributed by atoms with Gasteiger partial charge in [-0.3, -0.25) is 9.98 Å². The van der Waals surface area contributed by atoms with Gasteiger partial charge >= 0.3 is 0 Å². The Morgan fingerprint density at radius 2 is 2.37 bits per heavy atom. The highest BCUT2D eigenvalue weighted by Gasteiger charge is 2.17. The van der Waals surface area contributed by atoms with Crippen LogP contribution in [-0.4, -0.2) is 21.9 Å². The Morgan fingerprint density at radius 1 is 1.47 bits per heavy atom. The van der Waals surface area contributed by atoms with E-state index in [-0.39, 0.29) is 0 Å². The second-order valence-electron chi connectivity index (χ2n) is 4.46. The third-order valence-corrected chi connectivity index (χ3v) is 4.57. The Kier molecular flexibility index (Phi) is 3.75. The number of aliphatic imine (C=N–C) groups is 1. The number of pyridine rings is 1. The summed E-state index contributed by atoms with van der Waals surface area (Å²) in [6.45, 7) is 2.18. The Morgan fingerprint density at radius 3 is 3.16 bits per heavy atom. The minimum Gasteiger partial charge on any atom is -0.333 e. The molecule has 19 heavy (non-hydrogen) atoms. The average molecular weight is 336 g/mol. The van der Waals surface area contributed by atoms with Gasteiger partial charge in [0, 0.05) is 21.8 Å². The number of thioether (sulfide) groups is 1. The fourth-order valence-electron chi connectivity index (χ4n) is 2.04. The second kappa shape index (κ2) is 5.51. The molecule has 0 aliphatic carbocycles. The molecule has 1 N–H and O–H groups in total. The Bertz CT molecular complexity index is 642. The molecular weight excluding hydrogens is 322 g/mol. The van der Waals surface area contributed by atoms with E-state index >= 15 is 0 Å². The molecule has 0 radical (unpaired) electrons. The van der Waals surface area contributed by atoms with E-state index in [1.165, 1.54) is 0 Å². The first-order valence-corrected chi connectivity index (χ1v) is 8.06. The largest absolute Gasteiger partial charge is 0.333 e. The molecule has 1 aliphatic heterocycles. The SMILES string of the molecule is CCC1CSC(Nc2cccc3cc(Br)cnc23)=N1. The van der Waals surface area contributed by atoms with Gasteiger partial charge in [0.05, 0.1) is 17.2 Å². The van der Waals surface area contributed by atoms with Crippen molar-refractivity contribution in [1.29, 1.82) is 0 Å². The van der Waals surface area contributed by atoms with Crippen molar-refractivity contribution in [3.63, 3.8) is 0 Å². The van der Waals surface area contributed by atoms with Gasteiger partial charge in [0.2, 0.25) is 0 Å². The zero-order valence-corrected chi connectivity index (χ0v) is 13.0. The third-order valence-electron chi connectivity index (χ3n) is 3.10. The van der Waals surface area contributed by atoms with Gasteiger partial charge in [-0.15, -0.1) is 0 Å². The van der Waals surface area contributed by atoms with Crippen LogP contribution in [0.15, 0.2) is 39.9 Å². The lowest BCUT2D eigenvalue weighted by Crippen LogP contribution is -2.06. The molecule has 1 unspecified atom stereocenters. The van der Waals surface area contributed by atoms with E-state index in [2.05, 4.69) is 50.3 Å². The number of anilines is 1. The van der Waals surface area contributed by atoms with Crippen LogP contribution in [0.5, 0.6) is 0 Å². The summed E-state index contributed by atoms with van der Waals surface area (Å²) in [4.78, 5) is 9.15. The van der Waals surface area contributed by atoms with Gasteiger partial charge in [0.1, 0.15) is 0 Å². The normalized spacial score (nSPS) is 18.6. The van der Waals surface area contributed by atoms with Crippen LogP contribution < -0.4 is 5.32 Å². The minimum absolute atomic E-state index is 0.449. The van der Waals surface area contributed by atoms with Gasteiger partial charge in [0.15, 0.2) is 5.17 Å². The van der Waals surface area contributed by atoms with Crippen molar-refractivity contribution in [2.75, 3.05) is 11.1 Å². The summed E-state index contributed by atoms with van der Waals surface area (Å²) in [5.41, 5.74) is 2.00. The Labute approximate surface area is 125 Å². The average Bonchev–Trinajstić information content (AvgIpc) is 2.86. The molecular formula is C14H14BrN3S. The molecule has 1 aliphatic rings. The minimum atomic E-state index is 0.449. The summed E-state index contributed by atoms with van der Waals surface area (Å²) in [6, 6.07) is 8.68. The maximum absolute atomic E-state index is 4.66. The van der Waals surface area contributed by atoms with Gasteiger partial charge in [-0.2, -0.15) is 0 Å². The highest BCUT2D eigenvalue weighted by molar-refractivity contribution is 9.10. The molecule has 3 rings (SSSR count). The molecule has 0 spiro atoms. The zero-order valence-electron chi connectivity index (χ0n) is 10.6. The van der Waals surface area contributed by atoms with E-state index in [0.717, 1.165) is 38.4 Å². The maximum atomic E-state index is 4.66. The van der Waals surface area contributed by atoms with E-state index in [9.17, 15) is 0 Å². The van der Waals surface area contributed by atoms with Crippen LogP contribution in [0, 0.1) is 0 Å². The smallest absolute Gasteiger partial charge is 0.161 e. The first-order valence-electron chi connectivity index (χ1n) is 6.28. The van der Waals surface area contributed by atoms with E-state index in [4.69, 9.17) is 0 Å². The molecule has 98 valence electrons. The molecule has 2 aromatic rings. The van der Waals surface area contributed by atoms with Crippen LogP contribution in [0.25, 0.3) is 10.9 Å². The number of hydrogen-bond donors (Lipinski definition) is 1. The summed E-state index contributed by atoms with van der Waals surface area (Å²) >= 11 is 5.24. The molecule has 0 saturated heterocycles. The maximum Gasteiger partial charge on any atom is 0.161 e. The van der Waals surface area contributed by atoms with Crippen molar-refractivity contribution in [2.45, 2.75) is 19.4 Å². The van der Waals surface area contributed by atoms with Crippen LogP contribution >= 0.6 is 27.7 Å². The van der Waals surface area contributed by atoms with Crippen molar-refractivity contribution >= 4 is 49.4 Å². The number of fused-ring (bicyclic) bond motifs is 1. The van der Waals surface area contributed by atoms with Gasteiger partial charge < -0.3 is 5.32 Å². The Hall–Kier alpha value is -1.07. The predicted octanol–water partition coefficient (Wildman–Crippen LogP) is 4.29. The van der Waals surface area contributed by atoms with Crippen LogP contribution in [-0.2, 0) is 0 Å². The quantitative estimate of drug-likeness (QED) is 0.889. The number of amidine groups is 1. The number of halogens is 1. The van der Waals surface area contributed by atoms with Gasteiger partial charge in [-0.25, -0.2) is 0 Å². The van der Waals surface area contributed by atoms with Crippen LogP contribution in [0.4, 0.5) is 5.69 Å². The highest BCUT2D eigenvalue weighted by Crippen LogP contribution is 2.27. The van der Waals surface area contributed by atoms with Gasteiger partial charge in [-0.05, 0) is 34.5 Å². The predicted molar refractivity (Wildman–Crippen MR) is 87.0 cm³/mol. The topological polar surface area (TPSA) is 37.3 Å².